The van der Waals surface area contributed by atoms with Gasteiger partial charge in [0.15, 0.2) is 6.04 Å². The molecular weight excluding hydrogens is 282 g/mol. The first-order valence-electron chi connectivity index (χ1n) is 6.46. The third-order valence-electron chi connectivity index (χ3n) is 3.21. The van der Waals surface area contributed by atoms with Gasteiger partial charge >= 0.3 is 5.97 Å². The molecule has 1 amide bonds. The van der Waals surface area contributed by atoms with E-state index < -0.39 is 12.0 Å². The van der Waals surface area contributed by atoms with Crippen molar-refractivity contribution in [2.75, 3.05) is 6.61 Å². The van der Waals surface area contributed by atoms with Crippen molar-refractivity contribution in [2.24, 2.45) is 0 Å². The predicted octanol–water partition coefficient (Wildman–Crippen LogP) is 2.15. The van der Waals surface area contributed by atoms with Crippen LogP contribution in [-0.2, 0) is 14.3 Å². The average molecular weight is 298 g/mol. The molecule has 1 saturated heterocycles. The van der Waals surface area contributed by atoms with Crippen molar-refractivity contribution in [1.82, 2.24) is 5.32 Å². The summed E-state index contributed by atoms with van der Waals surface area (Å²) in [6, 6.07) is 5.44. The third kappa shape index (κ3) is 3.71. The molecule has 0 radical (unpaired) electrons. The Morgan fingerprint density at radius 1 is 1.45 bits per heavy atom. The number of aliphatic carboxylic acids is 1. The normalized spacial score (nSPS) is 19.6. The summed E-state index contributed by atoms with van der Waals surface area (Å²) in [5.41, 5.74) is 0.377. The number of carbonyl (C=O) groups is 2. The number of hydrogen-bond acceptors (Lipinski definition) is 3. The Morgan fingerprint density at radius 3 is 2.80 bits per heavy atom. The summed E-state index contributed by atoms with van der Waals surface area (Å²) >= 11 is 5.98. The van der Waals surface area contributed by atoms with Gasteiger partial charge in [-0.15, -0.1) is 0 Å². The number of ether oxygens (including phenoxy) is 1. The molecule has 0 bridgehead atoms. The first-order valence-corrected chi connectivity index (χ1v) is 6.84. The highest BCUT2D eigenvalue weighted by Gasteiger charge is 2.26. The molecule has 1 fully saturated rings. The monoisotopic (exact) mass is 297 g/mol. The highest BCUT2D eigenvalue weighted by atomic mass is 35.5. The van der Waals surface area contributed by atoms with E-state index in [1.54, 1.807) is 24.3 Å². The summed E-state index contributed by atoms with van der Waals surface area (Å²) in [5.74, 6) is -1.48. The maximum absolute atomic E-state index is 11.9. The minimum absolute atomic E-state index is 0.115. The SMILES string of the molecule is O=C(CC1CCCO1)N[C@@H](C(=O)O)c1ccccc1Cl. The van der Waals surface area contributed by atoms with Gasteiger partial charge in [0.2, 0.25) is 5.91 Å². The fourth-order valence-electron chi connectivity index (χ4n) is 2.21. The maximum atomic E-state index is 11.9. The number of hydrogen-bond donors (Lipinski definition) is 2. The zero-order valence-corrected chi connectivity index (χ0v) is 11.6. The summed E-state index contributed by atoms with van der Waals surface area (Å²) in [6.45, 7) is 0.658. The van der Waals surface area contributed by atoms with Crippen molar-refractivity contribution in [1.29, 1.82) is 0 Å². The molecule has 1 unspecified atom stereocenters. The van der Waals surface area contributed by atoms with Gasteiger partial charge in [-0.05, 0) is 18.9 Å². The molecule has 1 aliphatic heterocycles. The standard InChI is InChI=1S/C14H16ClNO4/c15-11-6-2-1-5-10(11)13(14(18)19)16-12(17)8-9-4-3-7-20-9/h1-2,5-6,9,13H,3-4,7-8H2,(H,16,17)(H,18,19)/t9?,13-/m1/s1. The van der Waals surface area contributed by atoms with Crippen molar-refractivity contribution >= 4 is 23.5 Å². The van der Waals surface area contributed by atoms with Gasteiger partial charge in [-0.1, -0.05) is 29.8 Å². The Hall–Kier alpha value is -1.59. The summed E-state index contributed by atoms with van der Waals surface area (Å²) in [7, 11) is 0. The first kappa shape index (κ1) is 14.8. The van der Waals surface area contributed by atoms with Crippen LogP contribution >= 0.6 is 11.6 Å². The van der Waals surface area contributed by atoms with Gasteiger partial charge in [0.25, 0.3) is 0 Å². The predicted molar refractivity (Wildman–Crippen MR) is 73.6 cm³/mol. The lowest BCUT2D eigenvalue weighted by molar-refractivity contribution is -0.142. The molecule has 1 aromatic carbocycles. The van der Waals surface area contributed by atoms with Crippen LogP contribution in [-0.4, -0.2) is 29.7 Å². The number of nitrogens with one attached hydrogen (secondary N) is 1. The lowest BCUT2D eigenvalue weighted by Gasteiger charge is -2.17. The molecule has 6 heteroatoms. The van der Waals surface area contributed by atoms with E-state index in [4.69, 9.17) is 16.3 Å². The zero-order valence-electron chi connectivity index (χ0n) is 10.8. The van der Waals surface area contributed by atoms with Gasteiger partial charge in [0, 0.05) is 17.2 Å². The minimum atomic E-state index is -1.14. The van der Waals surface area contributed by atoms with Gasteiger partial charge in [0.05, 0.1) is 12.5 Å². The number of rotatable bonds is 5. The van der Waals surface area contributed by atoms with Crippen molar-refractivity contribution in [3.8, 4) is 0 Å². The fourth-order valence-corrected chi connectivity index (χ4v) is 2.46. The second-order valence-corrected chi connectivity index (χ2v) is 5.11. The van der Waals surface area contributed by atoms with Gasteiger partial charge < -0.3 is 15.2 Å². The molecule has 0 aliphatic carbocycles. The summed E-state index contributed by atoms with van der Waals surface area (Å²) < 4.78 is 5.36. The Bertz CT molecular complexity index is 500. The van der Waals surface area contributed by atoms with Crippen molar-refractivity contribution < 1.29 is 19.4 Å². The van der Waals surface area contributed by atoms with Crippen LogP contribution in [0, 0.1) is 0 Å². The maximum Gasteiger partial charge on any atom is 0.330 e. The molecule has 0 saturated carbocycles. The van der Waals surface area contributed by atoms with Gasteiger partial charge in [-0.3, -0.25) is 4.79 Å². The number of halogens is 1. The van der Waals surface area contributed by atoms with E-state index in [0.717, 1.165) is 12.8 Å². The van der Waals surface area contributed by atoms with Crippen LogP contribution in [0.2, 0.25) is 5.02 Å². The molecule has 2 rings (SSSR count). The Kier molecular flexibility index (Phi) is 4.98. The molecule has 5 nitrogen and oxygen atoms in total. The lowest BCUT2D eigenvalue weighted by atomic mass is 10.1. The quantitative estimate of drug-likeness (QED) is 0.873. The van der Waals surface area contributed by atoms with Crippen LogP contribution in [0.1, 0.15) is 30.9 Å². The number of benzene rings is 1. The Morgan fingerprint density at radius 2 is 2.20 bits per heavy atom. The van der Waals surface area contributed by atoms with E-state index in [1.807, 2.05) is 0 Å². The van der Waals surface area contributed by atoms with Crippen molar-refractivity contribution in [3.63, 3.8) is 0 Å². The first-order chi connectivity index (χ1) is 9.58. The summed E-state index contributed by atoms with van der Waals surface area (Å²) in [6.07, 6.45) is 1.83. The summed E-state index contributed by atoms with van der Waals surface area (Å²) in [5, 5.41) is 12.1. The number of carbonyl (C=O) groups excluding carboxylic acids is 1. The molecule has 1 heterocycles. The lowest BCUT2D eigenvalue weighted by Crippen LogP contribution is -2.35. The molecule has 0 aromatic heterocycles. The molecular formula is C14H16ClNO4. The average Bonchev–Trinajstić information content (AvgIpc) is 2.89. The van der Waals surface area contributed by atoms with E-state index >= 15 is 0 Å². The second-order valence-electron chi connectivity index (χ2n) is 4.70. The van der Waals surface area contributed by atoms with Crippen LogP contribution in [0.3, 0.4) is 0 Å². The van der Waals surface area contributed by atoms with Gasteiger partial charge in [0.1, 0.15) is 0 Å². The summed E-state index contributed by atoms with van der Waals surface area (Å²) in [4.78, 5) is 23.2. The molecule has 2 N–H and O–H groups in total. The molecule has 108 valence electrons. The smallest absolute Gasteiger partial charge is 0.330 e. The van der Waals surface area contributed by atoms with E-state index in [9.17, 15) is 14.7 Å². The second kappa shape index (κ2) is 6.72. The highest BCUT2D eigenvalue weighted by molar-refractivity contribution is 6.31. The van der Waals surface area contributed by atoms with E-state index in [1.165, 1.54) is 0 Å². The van der Waals surface area contributed by atoms with Crippen LogP contribution < -0.4 is 5.32 Å². The molecule has 1 aromatic rings. The third-order valence-corrected chi connectivity index (χ3v) is 3.55. The molecule has 1 aliphatic rings. The van der Waals surface area contributed by atoms with Crippen molar-refractivity contribution in [2.45, 2.75) is 31.4 Å². The van der Waals surface area contributed by atoms with E-state index in [0.29, 0.717) is 17.2 Å². The van der Waals surface area contributed by atoms with Crippen LogP contribution in [0.15, 0.2) is 24.3 Å². The molecule has 2 atom stereocenters. The van der Waals surface area contributed by atoms with Crippen LogP contribution in [0.4, 0.5) is 0 Å². The van der Waals surface area contributed by atoms with E-state index in [-0.39, 0.29) is 18.4 Å². The Labute approximate surface area is 121 Å². The Balaban J connectivity index is 2.04. The number of carboxylic acid groups (broad SMARTS) is 1. The van der Waals surface area contributed by atoms with Gasteiger partial charge in [-0.25, -0.2) is 4.79 Å². The fraction of sp³-hybridized carbons (Fsp3) is 0.429. The zero-order chi connectivity index (χ0) is 14.5. The number of amides is 1. The topological polar surface area (TPSA) is 75.6 Å². The highest BCUT2D eigenvalue weighted by Crippen LogP contribution is 2.23. The minimum Gasteiger partial charge on any atom is -0.479 e. The molecule has 20 heavy (non-hydrogen) atoms. The van der Waals surface area contributed by atoms with E-state index in [2.05, 4.69) is 5.32 Å². The largest absolute Gasteiger partial charge is 0.479 e. The number of carboxylic acids is 1. The van der Waals surface area contributed by atoms with Crippen LogP contribution in [0.5, 0.6) is 0 Å². The van der Waals surface area contributed by atoms with Gasteiger partial charge in [-0.2, -0.15) is 0 Å². The van der Waals surface area contributed by atoms with Crippen LogP contribution in [0.25, 0.3) is 0 Å². The molecule has 0 spiro atoms. The van der Waals surface area contributed by atoms with Crippen molar-refractivity contribution in [3.05, 3.63) is 34.9 Å².